The summed E-state index contributed by atoms with van der Waals surface area (Å²) >= 11 is 0. The van der Waals surface area contributed by atoms with E-state index >= 15 is 0 Å². The molecule has 0 amide bonds. The molecule has 5 rings (SSSR count). The third kappa shape index (κ3) is 4.43. The maximum atomic E-state index is 5.18. The summed E-state index contributed by atoms with van der Waals surface area (Å²) in [5, 5.41) is 7.49. The lowest BCUT2D eigenvalue weighted by Crippen LogP contribution is -2.18. The van der Waals surface area contributed by atoms with Crippen LogP contribution < -0.4 is 5.32 Å². The zero-order valence-electron chi connectivity index (χ0n) is 18.4. The Morgan fingerprint density at radius 3 is 2.66 bits per heavy atom. The van der Waals surface area contributed by atoms with E-state index in [9.17, 15) is 0 Å². The topological polar surface area (TPSA) is 72.0 Å². The van der Waals surface area contributed by atoms with Gasteiger partial charge < -0.3 is 14.4 Å². The summed E-state index contributed by atoms with van der Waals surface area (Å²) in [5.41, 5.74) is 5.33. The molecule has 4 aromatic rings. The number of nitrogens with one attached hydrogen (secondary N) is 1. The summed E-state index contributed by atoms with van der Waals surface area (Å²) in [7, 11) is 0. The first-order valence-corrected chi connectivity index (χ1v) is 11.1. The van der Waals surface area contributed by atoms with E-state index in [1.165, 1.54) is 37.1 Å². The van der Waals surface area contributed by atoms with Crippen molar-refractivity contribution >= 4 is 22.9 Å². The number of rotatable bonds is 8. The van der Waals surface area contributed by atoms with Gasteiger partial charge in [-0.05, 0) is 56.1 Å². The number of aromatic nitrogens is 4. The quantitative estimate of drug-likeness (QED) is 0.441. The zero-order chi connectivity index (χ0) is 21.9. The first-order chi connectivity index (χ1) is 15.7. The van der Waals surface area contributed by atoms with Crippen LogP contribution in [0.15, 0.2) is 53.7 Å². The van der Waals surface area contributed by atoms with Gasteiger partial charge in [0.05, 0.1) is 12.1 Å². The van der Waals surface area contributed by atoms with Gasteiger partial charge in [0, 0.05) is 25.4 Å². The summed E-state index contributed by atoms with van der Waals surface area (Å²) in [5.74, 6) is 2.16. The predicted octanol–water partition coefficient (Wildman–Crippen LogP) is 4.63. The second-order valence-corrected chi connectivity index (χ2v) is 8.40. The van der Waals surface area contributed by atoms with Crippen molar-refractivity contribution < 1.29 is 4.52 Å². The molecule has 0 bridgehead atoms. The molecule has 1 N–H and O–H groups in total. The van der Waals surface area contributed by atoms with Gasteiger partial charge in [-0.15, -0.1) is 0 Å². The van der Waals surface area contributed by atoms with Gasteiger partial charge in [-0.2, -0.15) is 0 Å². The number of nitrogens with zero attached hydrogens (tertiary/aromatic N) is 5. The van der Waals surface area contributed by atoms with Crippen LogP contribution in [0.1, 0.15) is 41.2 Å². The molecular weight excluding hydrogens is 400 g/mol. The number of fused-ring (bicyclic) bond motifs is 1. The number of anilines is 1. The maximum Gasteiger partial charge on any atom is 0.155 e. The van der Waals surface area contributed by atoms with Crippen LogP contribution in [0.4, 0.5) is 5.82 Å². The Bertz CT molecular complexity index is 1230. The van der Waals surface area contributed by atoms with Crippen LogP contribution >= 0.6 is 0 Å². The van der Waals surface area contributed by atoms with Crippen LogP contribution in [0.2, 0.25) is 0 Å². The van der Waals surface area contributed by atoms with E-state index in [2.05, 4.69) is 66.9 Å². The lowest BCUT2D eigenvalue weighted by molar-refractivity contribution is 0.331. The molecule has 3 aromatic heterocycles. The minimum absolute atomic E-state index is 0.524. The Kier molecular flexibility index (Phi) is 5.73. The third-order valence-corrected chi connectivity index (χ3v) is 5.87. The first kappa shape index (κ1) is 20.5. The minimum atomic E-state index is 0.524. The molecule has 0 atom stereocenters. The standard InChI is InChI=1S/C25H28N6O/c1-3-23-27-22-9-12-31(24(22)25(28-23)26-15-21-13-18(2)32-29-21)17-20-8-6-7-19(14-20)16-30-10-4-5-11-30/h3,6-9,12-14H,1,4-5,10-11,15-17H2,2H3,(H,26,27,28). The number of hydrogen-bond acceptors (Lipinski definition) is 6. The normalized spacial score (nSPS) is 14.3. The summed E-state index contributed by atoms with van der Waals surface area (Å²) in [4.78, 5) is 11.8. The second-order valence-electron chi connectivity index (χ2n) is 8.40. The molecule has 1 aliphatic heterocycles. The smallest absolute Gasteiger partial charge is 0.155 e. The van der Waals surface area contributed by atoms with Gasteiger partial charge in [0.25, 0.3) is 0 Å². The monoisotopic (exact) mass is 428 g/mol. The van der Waals surface area contributed by atoms with Crippen LogP contribution in [0, 0.1) is 6.92 Å². The van der Waals surface area contributed by atoms with Crippen LogP contribution in [0.25, 0.3) is 17.1 Å². The number of likely N-dealkylation sites (tertiary alicyclic amines) is 1. The van der Waals surface area contributed by atoms with Gasteiger partial charge in [-0.1, -0.05) is 36.0 Å². The minimum Gasteiger partial charge on any atom is -0.362 e. The third-order valence-electron chi connectivity index (χ3n) is 5.87. The molecule has 164 valence electrons. The first-order valence-electron chi connectivity index (χ1n) is 11.1. The van der Waals surface area contributed by atoms with Crippen LogP contribution in [0.3, 0.4) is 0 Å². The van der Waals surface area contributed by atoms with E-state index in [4.69, 9.17) is 4.52 Å². The fourth-order valence-electron chi connectivity index (χ4n) is 4.37. The van der Waals surface area contributed by atoms with Crippen molar-refractivity contribution in [2.24, 2.45) is 0 Å². The summed E-state index contributed by atoms with van der Waals surface area (Å²) in [6.45, 7) is 10.4. The Hall–Kier alpha value is -3.45. The molecule has 0 aliphatic carbocycles. The molecule has 1 fully saturated rings. The van der Waals surface area contributed by atoms with Crippen molar-refractivity contribution in [2.45, 2.75) is 39.4 Å². The summed E-state index contributed by atoms with van der Waals surface area (Å²) < 4.78 is 7.39. The average molecular weight is 429 g/mol. The predicted molar refractivity (Wildman–Crippen MR) is 126 cm³/mol. The highest BCUT2D eigenvalue weighted by Crippen LogP contribution is 2.24. The molecule has 1 aromatic carbocycles. The van der Waals surface area contributed by atoms with Gasteiger partial charge in [0.15, 0.2) is 11.6 Å². The molecule has 0 unspecified atom stereocenters. The number of hydrogen-bond donors (Lipinski definition) is 1. The van der Waals surface area contributed by atoms with Crippen LogP contribution in [-0.4, -0.2) is 37.7 Å². The Morgan fingerprint density at radius 2 is 1.91 bits per heavy atom. The molecule has 1 aliphatic rings. The second kappa shape index (κ2) is 8.96. The van der Waals surface area contributed by atoms with Crippen molar-refractivity contribution in [1.82, 2.24) is 24.6 Å². The maximum absolute atomic E-state index is 5.18. The largest absolute Gasteiger partial charge is 0.362 e. The molecule has 4 heterocycles. The van der Waals surface area contributed by atoms with Crippen molar-refractivity contribution in [3.05, 3.63) is 77.6 Å². The van der Waals surface area contributed by atoms with E-state index in [0.717, 1.165) is 41.4 Å². The van der Waals surface area contributed by atoms with Gasteiger partial charge in [-0.25, -0.2) is 9.97 Å². The van der Waals surface area contributed by atoms with Crippen molar-refractivity contribution in [1.29, 1.82) is 0 Å². The Labute approximate surface area is 187 Å². The number of aryl methyl sites for hydroxylation is 1. The van der Waals surface area contributed by atoms with Crippen LogP contribution in [-0.2, 0) is 19.6 Å². The molecule has 32 heavy (non-hydrogen) atoms. The Morgan fingerprint density at radius 1 is 1.09 bits per heavy atom. The number of benzene rings is 1. The van der Waals surface area contributed by atoms with Crippen LogP contribution in [0.5, 0.6) is 0 Å². The van der Waals surface area contributed by atoms with E-state index in [1.807, 2.05) is 19.1 Å². The molecule has 0 saturated carbocycles. The lowest BCUT2D eigenvalue weighted by atomic mass is 10.1. The lowest BCUT2D eigenvalue weighted by Gasteiger charge is -2.16. The highest BCUT2D eigenvalue weighted by molar-refractivity contribution is 5.87. The van der Waals surface area contributed by atoms with E-state index in [0.29, 0.717) is 12.4 Å². The van der Waals surface area contributed by atoms with Gasteiger partial charge in [0.1, 0.15) is 17.0 Å². The summed E-state index contributed by atoms with van der Waals surface area (Å²) in [6.07, 6.45) is 6.37. The molecule has 7 heteroatoms. The highest BCUT2D eigenvalue weighted by Gasteiger charge is 2.14. The zero-order valence-corrected chi connectivity index (χ0v) is 18.4. The van der Waals surface area contributed by atoms with Gasteiger partial charge in [-0.3, -0.25) is 4.90 Å². The molecule has 1 saturated heterocycles. The van der Waals surface area contributed by atoms with E-state index in [1.54, 1.807) is 6.08 Å². The molecular formula is C25H28N6O. The fraction of sp³-hybridized carbons (Fsp3) is 0.320. The molecule has 0 spiro atoms. The van der Waals surface area contributed by atoms with Crippen molar-refractivity contribution in [3.63, 3.8) is 0 Å². The van der Waals surface area contributed by atoms with E-state index < -0.39 is 0 Å². The SMILES string of the molecule is C=Cc1nc(NCc2cc(C)on2)c2c(ccn2Cc2cccc(CN3CCCC3)c2)n1. The van der Waals surface area contributed by atoms with Gasteiger partial charge in [0.2, 0.25) is 0 Å². The molecule has 0 radical (unpaired) electrons. The Balaban J connectivity index is 1.42. The van der Waals surface area contributed by atoms with E-state index in [-0.39, 0.29) is 0 Å². The highest BCUT2D eigenvalue weighted by atomic mass is 16.5. The van der Waals surface area contributed by atoms with Crippen molar-refractivity contribution in [3.8, 4) is 0 Å². The molecule has 7 nitrogen and oxygen atoms in total. The fourth-order valence-corrected chi connectivity index (χ4v) is 4.37. The average Bonchev–Trinajstić information content (AvgIpc) is 3.54. The van der Waals surface area contributed by atoms with Gasteiger partial charge >= 0.3 is 0 Å². The van der Waals surface area contributed by atoms with Crippen molar-refractivity contribution in [2.75, 3.05) is 18.4 Å². The summed E-state index contributed by atoms with van der Waals surface area (Å²) in [6, 6.07) is 12.8.